The summed E-state index contributed by atoms with van der Waals surface area (Å²) in [6.07, 6.45) is 3.13. The van der Waals surface area contributed by atoms with Crippen LogP contribution in [0.3, 0.4) is 0 Å². The average molecular weight is 311 g/mol. The van der Waals surface area contributed by atoms with E-state index in [1.165, 1.54) is 11.4 Å². The number of nitrogens with zero attached hydrogens (tertiary/aromatic N) is 1. The normalized spacial score (nSPS) is 19.6. The van der Waals surface area contributed by atoms with E-state index in [0.29, 0.717) is 19.4 Å². The number of carbonyl (C=O) groups excluding carboxylic acids is 1. The molecular formula is C15H21NO4S. The Morgan fingerprint density at radius 3 is 2.57 bits per heavy atom. The molecule has 0 aliphatic carbocycles. The molecule has 5 nitrogen and oxygen atoms in total. The standard InChI is InChI=1S/C15H21NO4S/c1-3-5-12-7-9-13(10-8-12)21(18,19)16-11-4-6-14(16)15(17)20-2/h7-10,14H,3-6,11H2,1-2H3. The summed E-state index contributed by atoms with van der Waals surface area (Å²) >= 11 is 0. The Kier molecular flexibility index (Phi) is 5.00. The van der Waals surface area contributed by atoms with Crippen LogP contribution in [-0.2, 0) is 26.0 Å². The molecule has 1 fully saturated rings. The molecule has 0 spiro atoms. The van der Waals surface area contributed by atoms with Gasteiger partial charge in [-0.25, -0.2) is 8.42 Å². The number of ether oxygens (including phenoxy) is 1. The van der Waals surface area contributed by atoms with E-state index in [2.05, 4.69) is 6.92 Å². The molecule has 2 rings (SSSR count). The van der Waals surface area contributed by atoms with E-state index < -0.39 is 22.0 Å². The van der Waals surface area contributed by atoms with E-state index in [1.54, 1.807) is 12.1 Å². The first-order valence-electron chi connectivity index (χ1n) is 7.19. The summed E-state index contributed by atoms with van der Waals surface area (Å²) in [6, 6.07) is 6.20. The highest BCUT2D eigenvalue weighted by Gasteiger charge is 2.39. The van der Waals surface area contributed by atoms with Crippen LogP contribution in [0.2, 0.25) is 0 Å². The van der Waals surface area contributed by atoms with Gasteiger partial charge in [-0.15, -0.1) is 0 Å². The first-order valence-corrected chi connectivity index (χ1v) is 8.63. The van der Waals surface area contributed by atoms with Gasteiger partial charge in [-0.2, -0.15) is 4.31 Å². The molecule has 116 valence electrons. The third-order valence-corrected chi connectivity index (χ3v) is 5.67. The van der Waals surface area contributed by atoms with Crippen molar-refractivity contribution in [1.29, 1.82) is 0 Å². The van der Waals surface area contributed by atoms with Crippen LogP contribution >= 0.6 is 0 Å². The molecule has 1 aromatic carbocycles. The second-order valence-corrected chi connectivity index (χ2v) is 7.08. The number of hydrogen-bond acceptors (Lipinski definition) is 4. The molecule has 0 bridgehead atoms. The third kappa shape index (κ3) is 3.27. The molecule has 6 heteroatoms. The highest BCUT2D eigenvalue weighted by atomic mass is 32.2. The van der Waals surface area contributed by atoms with Crippen molar-refractivity contribution < 1.29 is 17.9 Å². The summed E-state index contributed by atoms with van der Waals surface area (Å²) in [5.41, 5.74) is 1.11. The number of esters is 1. The largest absolute Gasteiger partial charge is 0.468 e. The number of aryl methyl sites for hydroxylation is 1. The van der Waals surface area contributed by atoms with Gasteiger partial charge >= 0.3 is 5.97 Å². The Morgan fingerprint density at radius 1 is 1.33 bits per heavy atom. The molecular weight excluding hydrogens is 290 g/mol. The Bertz CT molecular complexity index is 595. The van der Waals surface area contributed by atoms with Crippen LogP contribution in [0.5, 0.6) is 0 Å². The summed E-state index contributed by atoms with van der Waals surface area (Å²) < 4.78 is 31.3. The van der Waals surface area contributed by atoms with E-state index in [9.17, 15) is 13.2 Å². The summed E-state index contributed by atoms with van der Waals surface area (Å²) in [7, 11) is -2.36. The number of carbonyl (C=O) groups is 1. The quantitative estimate of drug-likeness (QED) is 0.780. The maximum absolute atomic E-state index is 12.7. The predicted octanol–water partition coefficient (Wildman–Crippen LogP) is 1.97. The Balaban J connectivity index is 2.26. The van der Waals surface area contributed by atoms with Gasteiger partial charge < -0.3 is 4.74 Å². The summed E-state index contributed by atoms with van der Waals surface area (Å²) in [5.74, 6) is -0.487. The average Bonchev–Trinajstić information content (AvgIpc) is 2.97. The van der Waals surface area contributed by atoms with Crippen molar-refractivity contribution >= 4 is 16.0 Å². The van der Waals surface area contributed by atoms with Gasteiger partial charge in [0.15, 0.2) is 0 Å². The summed E-state index contributed by atoms with van der Waals surface area (Å²) in [6.45, 7) is 2.44. The van der Waals surface area contributed by atoms with Gasteiger partial charge in [0.2, 0.25) is 10.0 Å². The molecule has 1 atom stereocenters. The van der Waals surface area contributed by atoms with Crippen LogP contribution in [0, 0.1) is 0 Å². The van der Waals surface area contributed by atoms with Crippen LogP contribution in [0.25, 0.3) is 0 Å². The van der Waals surface area contributed by atoms with Gasteiger partial charge in [0, 0.05) is 6.54 Å². The third-order valence-electron chi connectivity index (χ3n) is 3.75. The van der Waals surface area contributed by atoms with Gasteiger partial charge in [-0.05, 0) is 37.0 Å². The maximum atomic E-state index is 12.7. The number of sulfonamides is 1. The molecule has 0 radical (unpaired) electrons. The molecule has 1 aromatic rings. The van der Waals surface area contributed by atoms with E-state index in [4.69, 9.17) is 4.74 Å². The highest BCUT2D eigenvalue weighted by Crippen LogP contribution is 2.27. The molecule has 0 saturated carbocycles. The molecule has 1 aliphatic heterocycles. The zero-order valence-electron chi connectivity index (χ0n) is 12.4. The van der Waals surface area contributed by atoms with Gasteiger partial charge in [-0.1, -0.05) is 25.5 Å². The van der Waals surface area contributed by atoms with Crippen LogP contribution in [-0.4, -0.2) is 38.4 Å². The summed E-state index contributed by atoms with van der Waals surface area (Å²) in [5, 5.41) is 0. The SMILES string of the molecule is CCCc1ccc(S(=O)(=O)N2CCCC2C(=O)OC)cc1. The first kappa shape index (κ1) is 16.0. The van der Waals surface area contributed by atoms with Crippen molar-refractivity contribution in [3.8, 4) is 0 Å². The Labute approximate surface area is 126 Å². The molecule has 1 unspecified atom stereocenters. The second-order valence-electron chi connectivity index (χ2n) is 5.19. The molecule has 0 N–H and O–H groups in total. The van der Waals surface area contributed by atoms with E-state index in [-0.39, 0.29) is 4.90 Å². The van der Waals surface area contributed by atoms with Crippen molar-refractivity contribution in [2.24, 2.45) is 0 Å². The monoisotopic (exact) mass is 311 g/mol. The number of rotatable bonds is 5. The second kappa shape index (κ2) is 6.58. The van der Waals surface area contributed by atoms with Crippen LogP contribution in [0.15, 0.2) is 29.2 Å². The summed E-state index contributed by atoms with van der Waals surface area (Å²) in [4.78, 5) is 11.9. The molecule has 1 aliphatic rings. The molecule has 1 heterocycles. The molecule has 0 amide bonds. The van der Waals surface area contributed by atoms with Crippen molar-refractivity contribution in [3.05, 3.63) is 29.8 Å². The maximum Gasteiger partial charge on any atom is 0.324 e. The lowest BCUT2D eigenvalue weighted by atomic mass is 10.1. The van der Waals surface area contributed by atoms with Gasteiger partial charge in [0.1, 0.15) is 6.04 Å². The minimum Gasteiger partial charge on any atom is -0.468 e. The first-order chi connectivity index (χ1) is 10.0. The zero-order valence-corrected chi connectivity index (χ0v) is 13.2. The predicted molar refractivity (Wildman–Crippen MR) is 79.4 cm³/mol. The van der Waals surface area contributed by atoms with E-state index in [0.717, 1.165) is 18.4 Å². The molecule has 21 heavy (non-hydrogen) atoms. The number of methoxy groups -OCH3 is 1. The molecule has 0 aromatic heterocycles. The highest BCUT2D eigenvalue weighted by molar-refractivity contribution is 7.89. The van der Waals surface area contributed by atoms with Gasteiger partial charge in [0.05, 0.1) is 12.0 Å². The lowest BCUT2D eigenvalue weighted by Gasteiger charge is -2.22. The fourth-order valence-corrected chi connectivity index (χ4v) is 4.30. The van der Waals surface area contributed by atoms with Gasteiger partial charge in [-0.3, -0.25) is 4.79 Å². The van der Waals surface area contributed by atoms with Crippen LogP contribution < -0.4 is 0 Å². The van der Waals surface area contributed by atoms with Crippen molar-refractivity contribution in [1.82, 2.24) is 4.31 Å². The fourth-order valence-electron chi connectivity index (χ4n) is 2.65. The van der Waals surface area contributed by atoms with Crippen LogP contribution in [0.4, 0.5) is 0 Å². The van der Waals surface area contributed by atoms with Crippen molar-refractivity contribution in [2.75, 3.05) is 13.7 Å². The Hall–Kier alpha value is -1.40. The Morgan fingerprint density at radius 2 is 2.00 bits per heavy atom. The minimum absolute atomic E-state index is 0.234. The molecule has 1 saturated heterocycles. The van der Waals surface area contributed by atoms with Crippen molar-refractivity contribution in [3.63, 3.8) is 0 Å². The number of benzene rings is 1. The topological polar surface area (TPSA) is 63.7 Å². The van der Waals surface area contributed by atoms with Gasteiger partial charge in [0.25, 0.3) is 0 Å². The number of hydrogen-bond donors (Lipinski definition) is 0. The lowest BCUT2D eigenvalue weighted by molar-refractivity contribution is -0.144. The van der Waals surface area contributed by atoms with Crippen molar-refractivity contribution in [2.45, 2.75) is 43.5 Å². The fraction of sp³-hybridized carbons (Fsp3) is 0.533. The smallest absolute Gasteiger partial charge is 0.324 e. The zero-order chi connectivity index (χ0) is 15.5. The lowest BCUT2D eigenvalue weighted by Crippen LogP contribution is -2.41. The minimum atomic E-state index is -3.64. The van der Waals surface area contributed by atoms with Crippen LogP contribution in [0.1, 0.15) is 31.7 Å². The van der Waals surface area contributed by atoms with E-state index >= 15 is 0 Å². The van der Waals surface area contributed by atoms with E-state index in [1.807, 2.05) is 12.1 Å².